The third-order valence-electron chi connectivity index (χ3n) is 3.76. The van der Waals surface area contributed by atoms with E-state index in [-0.39, 0.29) is 30.2 Å². The van der Waals surface area contributed by atoms with Gasteiger partial charge in [-0.1, -0.05) is 0 Å². The van der Waals surface area contributed by atoms with Gasteiger partial charge in [-0.25, -0.2) is 4.39 Å². The van der Waals surface area contributed by atoms with E-state index in [1.165, 1.54) is 12.1 Å². The number of aliphatic hydroxyl groups is 2. The molecule has 1 aliphatic rings. The first kappa shape index (κ1) is 16.3. The first-order chi connectivity index (χ1) is 9.98. The number of rotatable bonds is 5. The van der Waals surface area contributed by atoms with Gasteiger partial charge in [0.05, 0.1) is 18.6 Å². The smallest absolute Gasteiger partial charge is 0.233 e. The summed E-state index contributed by atoms with van der Waals surface area (Å²) in [4.78, 5) is 15.0. The number of likely N-dealkylation sites (tertiary alicyclic amines) is 1. The number of amides is 1. The average molecular weight is 313 g/mol. The summed E-state index contributed by atoms with van der Waals surface area (Å²) in [6.45, 7) is 2.03. The van der Waals surface area contributed by atoms with E-state index >= 15 is 0 Å². The second-order valence-electron chi connectivity index (χ2n) is 5.61. The maximum atomic E-state index is 12.9. The van der Waals surface area contributed by atoms with Gasteiger partial charge in [0.1, 0.15) is 5.82 Å². The van der Waals surface area contributed by atoms with E-state index in [2.05, 4.69) is 0 Å². The van der Waals surface area contributed by atoms with E-state index in [0.717, 1.165) is 11.3 Å². The van der Waals surface area contributed by atoms with Crippen molar-refractivity contribution in [3.8, 4) is 0 Å². The standard InChI is InChI=1S/C15H20FNO3S/c1-15(9-18,10-19)14(20)17-7-6-13(8-17)21-12-4-2-11(16)3-5-12/h2-5,13,18-19H,6-10H2,1H3. The van der Waals surface area contributed by atoms with Crippen LogP contribution >= 0.6 is 11.8 Å². The zero-order chi connectivity index (χ0) is 15.5. The van der Waals surface area contributed by atoms with Gasteiger partial charge in [-0.2, -0.15) is 0 Å². The molecule has 1 aromatic rings. The predicted octanol–water partition coefficient (Wildman–Crippen LogP) is 1.51. The minimum Gasteiger partial charge on any atom is -0.395 e. The van der Waals surface area contributed by atoms with Gasteiger partial charge in [-0.15, -0.1) is 11.8 Å². The summed E-state index contributed by atoms with van der Waals surface area (Å²) in [5, 5.41) is 18.8. The van der Waals surface area contributed by atoms with Crippen LogP contribution in [0.4, 0.5) is 4.39 Å². The molecule has 0 aliphatic carbocycles. The molecule has 1 unspecified atom stereocenters. The minimum absolute atomic E-state index is 0.213. The van der Waals surface area contributed by atoms with Gasteiger partial charge in [0, 0.05) is 23.2 Å². The van der Waals surface area contributed by atoms with E-state index in [4.69, 9.17) is 0 Å². The Balaban J connectivity index is 1.94. The number of halogens is 1. The average Bonchev–Trinajstić information content (AvgIpc) is 2.96. The van der Waals surface area contributed by atoms with E-state index in [0.29, 0.717) is 13.1 Å². The molecule has 116 valence electrons. The lowest BCUT2D eigenvalue weighted by atomic mass is 9.91. The van der Waals surface area contributed by atoms with Gasteiger partial charge in [0.25, 0.3) is 0 Å². The highest BCUT2D eigenvalue weighted by Gasteiger charge is 2.38. The highest BCUT2D eigenvalue weighted by molar-refractivity contribution is 8.00. The number of nitrogens with zero attached hydrogens (tertiary/aromatic N) is 1. The molecule has 2 N–H and O–H groups in total. The Labute approximate surface area is 128 Å². The van der Waals surface area contributed by atoms with E-state index < -0.39 is 5.41 Å². The number of hydrogen-bond donors (Lipinski definition) is 2. The Bertz CT molecular complexity index is 490. The molecule has 1 saturated heterocycles. The van der Waals surface area contributed by atoms with Crippen molar-refractivity contribution in [2.45, 2.75) is 23.5 Å². The van der Waals surface area contributed by atoms with Crippen molar-refractivity contribution >= 4 is 17.7 Å². The van der Waals surface area contributed by atoms with Crippen LogP contribution in [-0.2, 0) is 4.79 Å². The van der Waals surface area contributed by atoms with Gasteiger partial charge < -0.3 is 15.1 Å². The number of thioether (sulfide) groups is 1. The molecule has 0 radical (unpaired) electrons. The first-order valence-corrected chi connectivity index (χ1v) is 7.80. The fraction of sp³-hybridized carbons (Fsp3) is 0.533. The van der Waals surface area contributed by atoms with Crippen LogP contribution in [0.25, 0.3) is 0 Å². The van der Waals surface area contributed by atoms with Gasteiger partial charge >= 0.3 is 0 Å². The largest absolute Gasteiger partial charge is 0.395 e. The van der Waals surface area contributed by atoms with Crippen LogP contribution in [0.5, 0.6) is 0 Å². The first-order valence-electron chi connectivity index (χ1n) is 6.92. The Morgan fingerprint density at radius 2 is 2.00 bits per heavy atom. The minimum atomic E-state index is -1.12. The van der Waals surface area contributed by atoms with E-state index in [9.17, 15) is 19.4 Å². The summed E-state index contributed by atoms with van der Waals surface area (Å²) in [5.41, 5.74) is -1.12. The van der Waals surface area contributed by atoms with Gasteiger partial charge in [0.15, 0.2) is 0 Å². The Kier molecular flexibility index (Phi) is 5.24. The number of aliphatic hydroxyl groups excluding tert-OH is 2. The van der Waals surface area contributed by atoms with Crippen LogP contribution in [0, 0.1) is 11.2 Å². The third-order valence-corrected chi connectivity index (χ3v) is 5.03. The molecule has 0 bridgehead atoms. The number of benzene rings is 1. The molecule has 0 spiro atoms. The molecule has 1 amide bonds. The number of carbonyl (C=O) groups is 1. The van der Waals surface area contributed by atoms with Crippen molar-refractivity contribution < 1.29 is 19.4 Å². The van der Waals surface area contributed by atoms with Crippen molar-refractivity contribution in [3.63, 3.8) is 0 Å². The zero-order valence-corrected chi connectivity index (χ0v) is 12.8. The normalized spacial score (nSPS) is 19.0. The van der Waals surface area contributed by atoms with Crippen molar-refractivity contribution in [3.05, 3.63) is 30.1 Å². The molecule has 4 nitrogen and oxygen atoms in total. The highest BCUT2D eigenvalue weighted by atomic mass is 32.2. The summed E-state index contributed by atoms with van der Waals surface area (Å²) >= 11 is 1.62. The van der Waals surface area contributed by atoms with Crippen LogP contribution < -0.4 is 0 Å². The maximum absolute atomic E-state index is 12.9. The lowest BCUT2D eigenvalue weighted by molar-refractivity contribution is -0.145. The fourth-order valence-corrected chi connectivity index (χ4v) is 3.44. The summed E-state index contributed by atoms with van der Waals surface area (Å²) in [6.07, 6.45) is 0.848. The van der Waals surface area contributed by atoms with Gasteiger partial charge in [-0.3, -0.25) is 4.79 Å². The number of carbonyl (C=O) groups excluding carboxylic acids is 1. The molecule has 1 heterocycles. The molecular formula is C15H20FNO3S. The SMILES string of the molecule is CC(CO)(CO)C(=O)N1CCC(Sc2ccc(F)cc2)C1. The highest BCUT2D eigenvalue weighted by Crippen LogP contribution is 2.31. The maximum Gasteiger partial charge on any atom is 0.233 e. The van der Waals surface area contributed by atoms with Crippen molar-refractivity contribution in [2.24, 2.45) is 5.41 Å². The molecule has 2 rings (SSSR count). The molecule has 1 aromatic carbocycles. The predicted molar refractivity (Wildman–Crippen MR) is 79.5 cm³/mol. The summed E-state index contributed by atoms with van der Waals surface area (Å²) < 4.78 is 12.9. The summed E-state index contributed by atoms with van der Waals surface area (Å²) in [7, 11) is 0. The lowest BCUT2D eigenvalue weighted by Gasteiger charge is -2.29. The molecule has 0 aromatic heterocycles. The van der Waals surface area contributed by atoms with Gasteiger partial charge in [-0.05, 0) is 37.6 Å². The van der Waals surface area contributed by atoms with Crippen LogP contribution in [0.1, 0.15) is 13.3 Å². The van der Waals surface area contributed by atoms with Crippen LogP contribution in [-0.4, -0.2) is 52.6 Å². The summed E-state index contributed by atoms with van der Waals surface area (Å²) in [6, 6.07) is 6.32. The van der Waals surface area contributed by atoms with E-state index in [1.54, 1.807) is 35.7 Å². The Morgan fingerprint density at radius 1 is 1.38 bits per heavy atom. The van der Waals surface area contributed by atoms with Crippen molar-refractivity contribution in [2.75, 3.05) is 26.3 Å². The van der Waals surface area contributed by atoms with Crippen LogP contribution in [0.2, 0.25) is 0 Å². The monoisotopic (exact) mass is 313 g/mol. The lowest BCUT2D eigenvalue weighted by Crippen LogP contribution is -2.45. The summed E-state index contributed by atoms with van der Waals surface area (Å²) in [5.74, 6) is -0.473. The molecule has 1 fully saturated rings. The van der Waals surface area contributed by atoms with E-state index in [1.807, 2.05) is 0 Å². The Morgan fingerprint density at radius 3 is 2.57 bits per heavy atom. The third kappa shape index (κ3) is 3.75. The Hall–Kier alpha value is -1.11. The van der Waals surface area contributed by atoms with Crippen LogP contribution in [0.3, 0.4) is 0 Å². The molecular weight excluding hydrogens is 293 g/mol. The molecule has 1 atom stereocenters. The van der Waals surface area contributed by atoms with Crippen molar-refractivity contribution in [1.82, 2.24) is 4.90 Å². The molecule has 1 aliphatic heterocycles. The second-order valence-corrected chi connectivity index (χ2v) is 6.98. The molecule has 6 heteroatoms. The zero-order valence-electron chi connectivity index (χ0n) is 12.0. The van der Waals surface area contributed by atoms with Crippen molar-refractivity contribution in [1.29, 1.82) is 0 Å². The van der Waals surface area contributed by atoms with Crippen LogP contribution in [0.15, 0.2) is 29.2 Å². The molecule has 21 heavy (non-hydrogen) atoms. The molecule has 0 saturated carbocycles. The van der Waals surface area contributed by atoms with Gasteiger partial charge in [0.2, 0.25) is 5.91 Å². The topological polar surface area (TPSA) is 60.8 Å². The quantitative estimate of drug-likeness (QED) is 0.865. The number of hydrogen-bond acceptors (Lipinski definition) is 4. The second kappa shape index (κ2) is 6.77. The fourth-order valence-electron chi connectivity index (χ4n) is 2.28.